The molecule has 0 N–H and O–H groups in total. The standard InChI is InChI=1S/C36H23N3/c1-2-11-24(12-3-1)33-23-35(39-34-20-9-8-19-32(34)37-36(39)38-33)27-15-10-14-25(21-27)31-22-26-13-4-5-16-28(26)29-17-6-7-18-30(29)31/h1-23H. The third-order valence-corrected chi connectivity index (χ3v) is 7.58. The molecule has 0 saturated heterocycles. The molecule has 3 nitrogen and oxygen atoms in total. The molecule has 0 aliphatic carbocycles. The van der Waals surface area contributed by atoms with Gasteiger partial charge in [0.15, 0.2) is 0 Å². The molecule has 0 saturated carbocycles. The normalized spacial score (nSPS) is 11.6. The van der Waals surface area contributed by atoms with Gasteiger partial charge in [-0.15, -0.1) is 0 Å². The van der Waals surface area contributed by atoms with Crippen LogP contribution in [0.15, 0.2) is 140 Å². The first-order valence-corrected chi connectivity index (χ1v) is 13.2. The number of nitrogens with zero attached hydrogens (tertiary/aromatic N) is 3. The summed E-state index contributed by atoms with van der Waals surface area (Å²) in [6, 6.07) is 49.3. The molecule has 0 atom stereocenters. The highest BCUT2D eigenvalue weighted by atomic mass is 15.1. The minimum absolute atomic E-state index is 0.703. The van der Waals surface area contributed by atoms with E-state index in [4.69, 9.17) is 9.97 Å². The number of para-hydroxylation sites is 2. The van der Waals surface area contributed by atoms with Gasteiger partial charge in [0, 0.05) is 5.56 Å². The molecule has 2 heterocycles. The van der Waals surface area contributed by atoms with Crippen LogP contribution in [0.5, 0.6) is 0 Å². The van der Waals surface area contributed by atoms with E-state index < -0.39 is 0 Å². The molecule has 6 aromatic carbocycles. The Morgan fingerprint density at radius 1 is 0.462 bits per heavy atom. The van der Waals surface area contributed by atoms with E-state index in [1.165, 1.54) is 32.7 Å². The predicted molar refractivity (Wildman–Crippen MR) is 162 cm³/mol. The fourth-order valence-corrected chi connectivity index (χ4v) is 5.77. The maximum Gasteiger partial charge on any atom is 0.235 e. The second-order valence-corrected chi connectivity index (χ2v) is 9.90. The van der Waals surface area contributed by atoms with Crippen molar-refractivity contribution in [1.29, 1.82) is 0 Å². The molecule has 0 aliphatic rings. The van der Waals surface area contributed by atoms with Gasteiger partial charge < -0.3 is 0 Å². The molecule has 0 radical (unpaired) electrons. The first-order valence-electron chi connectivity index (χ1n) is 13.2. The van der Waals surface area contributed by atoms with Gasteiger partial charge in [-0.3, -0.25) is 4.40 Å². The molecule has 8 aromatic rings. The van der Waals surface area contributed by atoms with Gasteiger partial charge in [0.1, 0.15) is 0 Å². The van der Waals surface area contributed by atoms with Gasteiger partial charge in [-0.25, -0.2) is 9.97 Å². The van der Waals surface area contributed by atoms with Gasteiger partial charge in [0.25, 0.3) is 0 Å². The zero-order chi connectivity index (χ0) is 25.8. The van der Waals surface area contributed by atoms with E-state index >= 15 is 0 Å². The average Bonchev–Trinajstić information content (AvgIpc) is 3.39. The lowest BCUT2D eigenvalue weighted by molar-refractivity contribution is 1.14. The number of rotatable bonds is 3. The van der Waals surface area contributed by atoms with E-state index in [1.54, 1.807) is 0 Å². The third kappa shape index (κ3) is 3.52. The minimum atomic E-state index is 0.703. The molecule has 182 valence electrons. The van der Waals surface area contributed by atoms with E-state index in [-0.39, 0.29) is 0 Å². The van der Waals surface area contributed by atoms with Gasteiger partial charge in [-0.1, -0.05) is 109 Å². The number of imidazole rings is 1. The topological polar surface area (TPSA) is 30.2 Å². The Morgan fingerprint density at radius 3 is 2.05 bits per heavy atom. The summed E-state index contributed by atoms with van der Waals surface area (Å²) in [4.78, 5) is 9.87. The van der Waals surface area contributed by atoms with Crippen molar-refractivity contribution in [2.24, 2.45) is 0 Å². The molecule has 39 heavy (non-hydrogen) atoms. The fourth-order valence-electron chi connectivity index (χ4n) is 5.77. The van der Waals surface area contributed by atoms with Crippen LogP contribution in [-0.2, 0) is 0 Å². The van der Waals surface area contributed by atoms with Crippen LogP contribution in [-0.4, -0.2) is 14.4 Å². The summed E-state index contributed by atoms with van der Waals surface area (Å²) >= 11 is 0. The third-order valence-electron chi connectivity index (χ3n) is 7.58. The van der Waals surface area contributed by atoms with Gasteiger partial charge in [0.05, 0.1) is 22.4 Å². The second kappa shape index (κ2) is 8.64. The van der Waals surface area contributed by atoms with Crippen LogP contribution in [0.4, 0.5) is 0 Å². The largest absolute Gasteiger partial charge is 0.276 e. The first kappa shape index (κ1) is 21.8. The minimum Gasteiger partial charge on any atom is -0.276 e. The van der Waals surface area contributed by atoms with Gasteiger partial charge in [0.2, 0.25) is 5.78 Å². The molecule has 0 amide bonds. The maximum absolute atomic E-state index is 4.98. The average molecular weight is 498 g/mol. The van der Waals surface area contributed by atoms with E-state index in [0.717, 1.165) is 33.5 Å². The second-order valence-electron chi connectivity index (χ2n) is 9.90. The molecule has 0 aliphatic heterocycles. The molecular formula is C36H23N3. The summed E-state index contributed by atoms with van der Waals surface area (Å²) in [6.45, 7) is 0. The molecule has 3 heteroatoms. The van der Waals surface area contributed by atoms with Crippen LogP contribution in [0.2, 0.25) is 0 Å². The van der Waals surface area contributed by atoms with Crippen molar-refractivity contribution in [2.75, 3.05) is 0 Å². The van der Waals surface area contributed by atoms with Crippen LogP contribution >= 0.6 is 0 Å². The Bertz CT molecular complexity index is 2170. The number of aromatic nitrogens is 3. The van der Waals surface area contributed by atoms with Crippen LogP contribution in [0.25, 0.3) is 72.0 Å². The smallest absolute Gasteiger partial charge is 0.235 e. The molecule has 0 bridgehead atoms. The Balaban J connectivity index is 1.41. The summed E-state index contributed by atoms with van der Waals surface area (Å²) < 4.78 is 2.18. The summed E-state index contributed by atoms with van der Waals surface area (Å²) in [5.74, 6) is 0.703. The van der Waals surface area contributed by atoms with Gasteiger partial charge in [-0.05, 0) is 68.6 Å². The SMILES string of the molecule is c1ccc(-c2cc(-c3cccc(-c4cc5ccccc5c5ccccc45)c3)n3c(n2)nc2ccccc23)cc1. The van der Waals surface area contributed by atoms with Crippen LogP contribution < -0.4 is 0 Å². The van der Waals surface area contributed by atoms with Gasteiger partial charge in [-0.2, -0.15) is 0 Å². The Kier molecular flexibility index (Phi) is 4.82. The number of benzene rings is 6. The lowest BCUT2D eigenvalue weighted by Crippen LogP contribution is -1.97. The lowest BCUT2D eigenvalue weighted by atomic mass is 9.92. The molecule has 0 spiro atoms. The number of fused-ring (bicyclic) bond motifs is 6. The summed E-state index contributed by atoms with van der Waals surface area (Å²) in [6.07, 6.45) is 0. The number of hydrogen-bond donors (Lipinski definition) is 0. The summed E-state index contributed by atoms with van der Waals surface area (Å²) in [5.41, 5.74) is 8.58. The first-order chi connectivity index (χ1) is 19.3. The Morgan fingerprint density at radius 2 is 1.15 bits per heavy atom. The molecule has 8 rings (SSSR count). The monoisotopic (exact) mass is 497 g/mol. The zero-order valence-electron chi connectivity index (χ0n) is 21.1. The van der Waals surface area contributed by atoms with Crippen molar-refractivity contribution in [2.45, 2.75) is 0 Å². The van der Waals surface area contributed by atoms with Crippen molar-refractivity contribution in [3.05, 3.63) is 140 Å². The van der Waals surface area contributed by atoms with Crippen LogP contribution in [0.1, 0.15) is 0 Å². The molecular weight excluding hydrogens is 474 g/mol. The Labute approximate surface area is 225 Å². The van der Waals surface area contributed by atoms with Crippen LogP contribution in [0, 0.1) is 0 Å². The van der Waals surface area contributed by atoms with Crippen molar-refractivity contribution in [1.82, 2.24) is 14.4 Å². The zero-order valence-corrected chi connectivity index (χ0v) is 21.1. The van der Waals surface area contributed by atoms with E-state index in [0.29, 0.717) is 5.78 Å². The quantitative estimate of drug-likeness (QED) is 0.228. The Hall–Kier alpha value is -5.28. The fraction of sp³-hybridized carbons (Fsp3) is 0. The van der Waals surface area contributed by atoms with E-state index in [2.05, 4.69) is 126 Å². The number of hydrogen-bond acceptors (Lipinski definition) is 2. The lowest BCUT2D eigenvalue weighted by Gasteiger charge is -2.14. The van der Waals surface area contributed by atoms with Crippen molar-refractivity contribution in [3.63, 3.8) is 0 Å². The van der Waals surface area contributed by atoms with Crippen LogP contribution in [0.3, 0.4) is 0 Å². The summed E-state index contributed by atoms with van der Waals surface area (Å²) in [7, 11) is 0. The van der Waals surface area contributed by atoms with Gasteiger partial charge >= 0.3 is 0 Å². The van der Waals surface area contributed by atoms with Crippen molar-refractivity contribution < 1.29 is 0 Å². The molecule has 0 unspecified atom stereocenters. The predicted octanol–water partition coefficient (Wildman–Crippen LogP) is 9.19. The highest BCUT2D eigenvalue weighted by molar-refractivity contribution is 6.13. The maximum atomic E-state index is 4.98. The summed E-state index contributed by atoms with van der Waals surface area (Å²) in [5, 5.41) is 5.05. The molecule has 2 aromatic heterocycles. The highest BCUT2D eigenvalue weighted by Crippen LogP contribution is 2.37. The van der Waals surface area contributed by atoms with E-state index in [1.807, 2.05) is 18.2 Å². The molecule has 0 fully saturated rings. The van der Waals surface area contributed by atoms with E-state index in [9.17, 15) is 0 Å². The van der Waals surface area contributed by atoms with Crippen molar-refractivity contribution >= 4 is 38.4 Å². The highest BCUT2D eigenvalue weighted by Gasteiger charge is 2.15. The van der Waals surface area contributed by atoms with Crippen molar-refractivity contribution in [3.8, 4) is 33.6 Å².